The molecule has 1 aromatic carbocycles. The lowest BCUT2D eigenvalue weighted by atomic mass is 10.1. The van der Waals surface area contributed by atoms with Gasteiger partial charge in [-0.25, -0.2) is 0 Å². The predicted octanol–water partition coefficient (Wildman–Crippen LogP) is 3.23. The molecular formula is C17H23N7. The van der Waals surface area contributed by atoms with Gasteiger partial charge in [0.1, 0.15) is 6.07 Å². The van der Waals surface area contributed by atoms with Crippen molar-refractivity contribution in [3.63, 3.8) is 0 Å². The maximum Gasteiger partial charge on any atom is 0.201 e. The Labute approximate surface area is 141 Å². The average Bonchev–Trinajstić information content (AvgIpc) is 2.97. The fraction of sp³-hybridized carbons (Fsp3) is 0.412. The molecular weight excluding hydrogens is 302 g/mol. The van der Waals surface area contributed by atoms with Crippen LogP contribution in [0, 0.1) is 16.7 Å². The summed E-state index contributed by atoms with van der Waals surface area (Å²) in [5.74, 6) is -0.358. The normalized spacial score (nSPS) is 11.4. The van der Waals surface area contributed by atoms with Crippen LogP contribution in [0.4, 0.5) is 5.69 Å². The van der Waals surface area contributed by atoms with Crippen LogP contribution in [0.2, 0.25) is 0 Å². The molecule has 0 aliphatic rings. The lowest BCUT2D eigenvalue weighted by Gasteiger charge is -2.06. The van der Waals surface area contributed by atoms with Crippen molar-refractivity contribution in [2.75, 3.05) is 5.43 Å². The molecule has 24 heavy (non-hydrogen) atoms. The highest BCUT2D eigenvalue weighted by Crippen LogP contribution is 2.20. The van der Waals surface area contributed by atoms with Gasteiger partial charge >= 0.3 is 0 Å². The van der Waals surface area contributed by atoms with E-state index in [1.54, 1.807) is 6.07 Å². The molecule has 2 aromatic rings. The van der Waals surface area contributed by atoms with Gasteiger partial charge in [-0.15, -0.1) is 0 Å². The summed E-state index contributed by atoms with van der Waals surface area (Å²) in [5, 5.41) is 25.5. The monoisotopic (exact) mass is 325 g/mol. The molecule has 7 heteroatoms. The van der Waals surface area contributed by atoms with E-state index >= 15 is 0 Å². The minimum atomic E-state index is -0.358. The Bertz CT molecular complexity index is 767. The van der Waals surface area contributed by atoms with Crippen LogP contribution in [0.3, 0.4) is 0 Å². The molecule has 7 nitrogen and oxygen atoms in total. The molecule has 0 amide bonds. The summed E-state index contributed by atoms with van der Waals surface area (Å²) in [5.41, 5.74) is 9.66. The average molecular weight is 325 g/mol. The molecule has 0 atom stereocenters. The number of unbranched alkanes of at least 4 members (excludes halogenated alkanes) is 4. The van der Waals surface area contributed by atoms with Crippen LogP contribution in [-0.2, 0) is 6.54 Å². The third kappa shape index (κ3) is 4.56. The SMILES string of the molecule is CCCCCCCn1ncc2ccc(N/N=C(\C#N)C(=N)N)cc21. The van der Waals surface area contributed by atoms with E-state index in [2.05, 4.69) is 22.5 Å². The van der Waals surface area contributed by atoms with Gasteiger partial charge in [-0.2, -0.15) is 15.5 Å². The smallest absolute Gasteiger partial charge is 0.201 e. The summed E-state index contributed by atoms with van der Waals surface area (Å²) in [6, 6.07) is 7.53. The van der Waals surface area contributed by atoms with Gasteiger partial charge in [0.05, 0.1) is 17.4 Å². The number of nitriles is 1. The summed E-state index contributed by atoms with van der Waals surface area (Å²) in [4.78, 5) is 0. The number of nitrogens with one attached hydrogen (secondary N) is 2. The number of nitrogens with zero attached hydrogens (tertiary/aromatic N) is 4. The van der Waals surface area contributed by atoms with Gasteiger partial charge in [-0.3, -0.25) is 15.5 Å². The van der Waals surface area contributed by atoms with Crippen molar-refractivity contribution in [3.05, 3.63) is 24.4 Å². The van der Waals surface area contributed by atoms with Gasteiger partial charge < -0.3 is 5.73 Å². The van der Waals surface area contributed by atoms with E-state index in [1.165, 1.54) is 25.7 Å². The zero-order chi connectivity index (χ0) is 17.4. The van der Waals surface area contributed by atoms with E-state index in [0.29, 0.717) is 0 Å². The first kappa shape index (κ1) is 17.5. The Balaban J connectivity index is 2.07. The number of benzene rings is 1. The molecule has 1 aromatic heterocycles. The summed E-state index contributed by atoms with van der Waals surface area (Å²) in [6.07, 6.45) is 7.95. The van der Waals surface area contributed by atoms with Crippen molar-refractivity contribution in [2.24, 2.45) is 10.8 Å². The highest BCUT2D eigenvalue weighted by molar-refractivity contribution is 6.45. The van der Waals surface area contributed by atoms with Crippen LogP contribution in [-0.4, -0.2) is 21.3 Å². The molecule has 0 aliphatic heterocycles. The Morgan fingerprint density at radius 1 is 1.38 bits per heavy atom. The molecule has 0 spiro atoms. The second-order valence-electron chi connectivity index (χ2n) is 5.65. The standard InChI is InChI=1S/C17H23N7/c1-2-3-4-5-6-9-24-16-10-14(8-7-13(16)12-21-24)22-23-15(11-18)17(19)20/h7-8,10,12,22H,2-6,9H2,1H3,(H3,19,20)/b23-15+. The molecule has 0 aliphatic carbocycles. The van der Waals surface area contributed by atoms with Crippen LogP contribution in [0.5, 0.6) is 0 Å². The molecule has 0 saturated heterocycles. The van der Waals surface area contributed by atoms with E-state index in [-0.39, 0.29) is 11.5 Å². The fourth-order valence-electron chi connectivity index (χ4n) is 2.45. The van der Waals surface area contributed by atoms with Crippen molar-refractivity contribution < 1.29 is 0 Å². The first-order valence-electron chi connectivity index (χ1n) is 8.19. The van der Waals surface area contributed by atoms with Crippen LogP contribution in [0.15, 0.2) is 29.5 Å². The quantitative estimate of drug-likeness (QED) is 0.284. The van der Waals surface area contributed by atoms with Crippen LogP contribution in [0.1, 0.15) is 39.0 Å². The second kappa shape index (κ2) is 8.67. The Morgan fingerprint density at radius 2 is 2.17 bits per heavy atom. The van der Waals surface area contributed by atoms with Gasteiger partial charge in [0, 0.05) is 11.9 Å². The fourth-order valence-corrected chi connectivity index (χ4v) is 2.45. The zero-order valence-corrected chi connectivity index (χ0v) is 13.9. The van der Waals surface area contributed by atoms with Crippen molar-refractivity contribution in [2.45, 2.75) is 45.6 Å². The number of aryl methyl sites for hydroxylation is 1. The first-order chi connectivity index (χ1) is 11.7. The zero-order valence-electron chi connectivity index (χ0n) is 13.9. The minimum absolute atomic E-state index is 0.139. The van der Waals surface area contributed by atoms with Gasteiger partial charge in [-0.05, 0) is 24.6 Å². The van der Waals surface area contributed by atoms with E-state index in [0.717, 1.165) is 29.6 Å². The van der Waals surface area contributed by atoms with Crippen molar-refractivity contribution in [1.82, 2.24) is 9.78 Å². The van der Waals surface area contributed by atoms with Crippen LogP contribution >= 0.6 is 0 Å². The Morgan fingerprint density at radius 3 is 2.88 bits per heavy atom. The third-order valence-corrected chi connectivity index (χ3v) is 3.78. The molecule has 2 rings (SSSR count). The van der Waals surface area contributed by atoms with E-state index in [9.17, 15) is 0 Å². The van der Waals surface area contributed by atoms with E-state index in [1.807, 2.05) is 29.1 Å². The van der Waals surface area contributed by atoms with Crippen LogP contribution in [0.25, 0.3) is 10.9 Å². The number of rotatable bonds is 9. The summed E-state index contributed by atoms with van der Waals surface area (Å²) < 4.78 is 1.99. The van der Waals surface area contributed by atoms with Crippen molar-refractivity contribution in [3.8, 4) is 6.07 Å². The molecule has 0 saturated carbocycles. The number of hydrogen-bond acceptors (Lipinski definition) is 5. The number of anilines is 1. The Hall–Kier alpha value is -2.88. The minimum Gasteiger partial charge on any atom is -0.382 e. The predicted molar refractivity (Wildman–Crippen MR) is 97.1 cm³/mol. The lowest BCUT2D eigenvalue weighted by molar-refractivity contribution is 0.544. The van der Waals surface area contributed by atoms with Crippen LogP contribution < -0.4 is 11.2 Å². The highest BCUT2D eigenvalue weighted by Gasteiger charge is 2.05. The number of fused-ring (bicyclic) bond motifs is 1. The van der Waals surface area contributed by atoms with E-state index in [4.69, 9.17) is 16.4 Å². The number of hydrogen-bond donors (Lipinski definition) is 3. The largest absolute Gasteiger partial charge is 0.382 e. The van der Waals surface area contributed by atoms with Crippen molar-refractivity contribution >= 4 is 28.1 Å². The highest BCUT2D eigenvalue weighted by atomic mass is 15.3. The topological polar surface area (TPSA) is 116 Å². The molecule has 0 fully saturated rings. The molecule has 126 valence electrons. The molecule has 0 bridgehead atoms. The maximum absolute atomic E-state index is 8.86. The molecule has 0 unspecified atom stereocenters. The number of aromatic nitrogens is 2. The number of nitrogens with two attached hydrogens (primary N) is 1. The van der Waals surface area contributed by atoms with Gasteiger partial charge in [0.2, 0.25) is 5.71 Å². The summed E-state index contributed by atoms with van der Waals surface area (Å²) in [6.45, 7) is 3.10. The molecule has 0 radical (unpaired) electrons. The second-order valence-corrected chi connectivity index (χ2v) is 5.65. The van der Waals surface area contributed by atoms with Gasteiger partial charge in [-0.1, -0.05) is 32.6 Å². The third-order valence-electron chi connectivity index (χ3n) is 3.78. The maximum atomic E-state index is 8.86. The Kier molecular flexibility index (Phi) is 6.32. The van der Waals surface area contributed by atoms with Gasteiger partial charge in [0.15, 0.2) is 5.84 Å². The number of hydrazone groups is 1. The van der Waals surface area contributed by atoms with E-state index < -0.39 is 0 Å². The van der Waals surface area contributed by atoms with Crippen molar-refractivity contribution in [1.29, 1.82) is 10.7 Å². The number of amidine groups is 1. The first-order valence-corrected chi connectivity index (χ1v) is 8.19. The molecule has 4 N–H and O–H groups in total. The molecule has 1 heterocycles. The van der Waals surface area contributed by atoms with Gasteiger partial charge in [0.25, 0.3) is 0 Å². The summed E-state index contributed by atoms with van der Waals surface area (Å²) >= 11 is 0. The lowest BCUT2D eigenvalue weighted by Crippen LogP contribution is -2.21. The summed E-state index contributed by atoms with van der Waals surface area (Å²) in [7, 11) is 0.